The number of methoxy groups -OCH3 is 2. The average Bonchev–Trinajstić information content (AvgIpc) is 3.02. The van der Waals surface area contributed by atoms with Crippen molar-refractivity contribution < 1.29 is 19.1 Å². The minimum atomic E-state index is -0.552. The van der Waals surface area contributed by atoms with Crippen LogP contribution in [-0.4, -0.2) is 42.0 Å². The molecule has 1 amide bonds. The Hall–Kier alpha value is -1.89. The third kappa shape index (κ3) is 7.71. The molecule has 1 aromatic heterocycles. The summed E-state index contributed by atoms with van der Waals surface area (Å²) >= 11 is 0. The van der Waals surface area contributed by atoms with Gasteiger partial charge in [0.25, 0.3) is 0 Å². The molecule has 2 rings (SSSR count). The fourth-order valence-corrected chi connectivity index (χ4v) is 3.46. The van der Waals surface area contributed by atoms with Crippen LogP contribution in [0.4, 0.5) is 5.69 Å². The molecule has 0 bridgehead atoms. The van der Waals surface area contributed by atoms with E-state index in [9.17, 15) is 9.59 Å². The summed E-state index contributed by atoms with van der Waals surface area (Å²) in [6, 6.07) is 0. The Labute approximate surface area is 162 Å². The van der Waals surface area contributed by atoms with Gasteiger partial charge in [0.05, 0.1) is 18.9 Å². The number of esters is 1. The number of hydrogen-bond donors (Lipinski definition) is 1. The van der Waals surface area contributed by atoms with Crippen LogP contribution in [-0.2, 0) is 21.3 Å². The van der Waals surface area contributed by atoms with Crippen molar-refractivity contribution >= 4 is 17.6 Å². The second-order valence-electron chi connectivity index (χ2n) is 6.73. The summed E-state index contributed by atoms with van der Waals surface area (Å²) in [5.41, 5.74) is 0.537. The van der Waals surface area contributed by atoms with Gasteiger partial charge in [-0.3, -0.25) is 9.48 Å². The molecule has 0 saturated heterocycles. The summed E-state index contributed by atoms with van der Waals surface area (Å²) in [7, 11) is 4.78. The molecule has 1 aromatic rings. The van der Waals surface area contributed by atoms with Crippen molar-refractivity contribution in [1.82, 2.24) is 9.78 Å². The standard InChI is InChI=1S/C18H29N3O4.C2H6/c1-21-12-15(17(20-21)18(23)25-3)19-16(22)11-10-13-6-4-8-14(24-2)9-5-7-13;1-2/h12-14H,4-11H2,1-3H3,(H,19,22);1-2H3. The van der Waals surface area contributed by atoms with Gasteiger partial charge in [0.2, 0.25) is 5.91 Å². The first-order chi connectivity index (χ1) is 13.0. The largest absolute Gasteiger partial charge is 0.464 e. The average molecular weight is 382 g/mol. The Bertz CT molecular complexity index is 576. The number of carbonyl (C=O) groups is 2. The fraction of sp³-hybridized carbons (Fsp3) is 0.750. The van der Waals surface area contributed by atoms with Crippen LogP contribution in [0, 0.1) is 5.92 Å². The molecule has 0 spiro atoms. The van der Waals surface area contributed by atoms with E-state index in [2.05, 4.69) is 10.4 Å². The smallest absolute Gasteiger partial charge is 0.360 e. The third-order valence-corrected chi connectivity index (χ3v) is 4.87. The van der Waals surface area contributed by atoms with E-state index in [0.717, 1.165) is 44.9 Å². The molecule has 0 aromatic carbocycles. The van der Waals surface area contributed by atoms with Crippen molar-refractivity contribution in [3.8, 4) is 0 Å². The molecule has 0 aliphatic heterocycles. The molecule has 1 saturated carbocycles. The molecule has 7 nitrogen and oxygen atoms in total. The summed E-state index contributed by atoms with van der Waals surface area (Å²) in [6.07, 6.45) is 10.2. The molecular weight excluding hydrogens is 346 g/mol. The monoisotopic (exact) mass is 381 g/mol. The van der Waals surface area contributed by atoms with Gasteiger partial charge in [-0.2, -0.15) is 5.10 Å². The first-order valence-electron chi connectivity index (χ1n) is 9.98. The number of amides is 1. The SMILES string of the molecule is CC.COC(=O)c1nn(C)cc1NC(=O)CCC1CCCC(OC)CCC1. The maximum Gasteiger partial charge on any atom is 0.360 e. The number of anilines is 1. The van der Waals surface area contributed by atoms with E-state index in [1.165, 1.54) is 11.8 Å². The lowest BCUT2D eigenvalue weighted by atomic mass is 9.87. The second kappa shape index (κ2) is 12.5. The van der Waals surface area contributed by atoms with Crippen molar-refractivity contribution in [3.05, 3.63) is 11.9 Å². The number of rotatable bonds is 6. The van der Waals surface area contributed by atoms with Gasteiger partial charge < -0.3 is 14.8 Å². The van der Waals surface area contributed by atoms with Crippen LogP contribution in [0.15, 0.2) is 6.20 Å². The predicted molar refractivity (Wildman–Crippen MR) is 106 cm³/mol. The number of ether oxygens (including phenoxy) is 2. The molecule has 1 N–H and O–H groups in total. The van der Waals surface area contributed by atoms with Crippen LogP contribution >= 0.6 is 0 Å². The Balaban J connectivity index is 0.00000176. The van der Waals surface area contributed by atoms with Crippen LogP contribution in [0.25, 0.3) is 0 Å². The lowest BCUT2D eigenvalue weighted by molar-refractivity contribution is -0.116. The predicted octanol–water partition coefficient (Wildman–Crippen LogP) is 3.94. The molecule has 0 atom stereocenters. The highest BCUT2D eigenvalue weighted by Crippen LogP contribution is 2.27. The normalized spacial score (nSPS) is 19.9. The van der Waals surface area contributed by atoms with Crippen molar-refractivity contribution in [2.45, 2.75) is 71.3 Å². The van der Waals surface area contributed by atoms with Gasteiger partial charge in [-0.15, -0.1) is 0 Å². The molecule has 1 fully saturated rings. The minimum absolute atomic E-state index is 0.0880. The zero-order valence-electron chi connectivity index (χ0n) is 17.4. The van der Waals surface area contributed by atoms with Gasteiger partial charge in [-0.25, -0.2) is 4.79 Å². The van der Waals surface area contributed by atoms with Crippen LogP contribution in [0.1, 0.15) is 75.7 Å². The number of nitrogens with one attached hydrogen (secondary N) is 1. The highest BCUT2D eigenvalue weighted by molar-refractivity contribution is 5.99. The second-order valence-corrected chi connectivity index (χ2v) is 6.73. The Morgan fingerprint density at radius 2 is 1.81 bits per heavy atom. The highest BCUT2D eigenvalue weighted by atomic mass is 16.5. The van der Waals surface area contributed by atoms with Crippen molar-refractivity contribution in [1.29, 1.82) is 0 Å². The van der Waals surface area contributed by atoms with E-state index in [1.807, 2.05) is 13.8 Å². The van der Waals surface area contributed by atoms with Gasteiger partial charge in [0.1, 0.15) is 0 Å². The zero-order chi connectivity index (χ0) is 20.2. The number of hydrogen-bond acceptors (Lipinski definition) is 5. The Morgan fingerprint density at radius 3 is 2.37 bits per heavy atom. The minimum Gasteiger partial charge on any atom is -0.464 e. The number of aryl methyl sites for hydroxylation is 1. The van der Waals surface area contributed by atoms with Crippen LogP contribution in [0.3, 0.4) is 0 Å². The molecule has 1 heterocycles. The topological polar surface area (TPSA) is 82.5 Å². The maximum absolute atomic E-state index is 12.3. The fourth-order valence-electron chi connectivity index (χ4n) is 3.46. The third-order valence-electron chi connectivity index (χ3n) is 4.87. The Morgan fingerprint density at radius 1 is 1.19 bits per heavy atom. The van der Waals surface area contributed by atoms with Crippen LogP contribution < -0.4 is 5.32 Å². The number of aromatic nitrogens is 2. The van der Waals surface area contributed by atoms with E-state index < -0.39 is 5.97 Å². The summed E-state index contributed by atoms with van der Waals surface area (Å²) in [4.78, 5) is 24.0. The summed E-state index contributed by atoms with van der Waals surface area (Å²) in [5.74, 6) is -0.0591. The first-order valence-corrected chi connectivity index (χ1v) is 9.98. The number of carbonyl (C=O) groups excluding carboxylic acids is 2. The highest BCUT2D eigenvalue weighted by Gasteiger charge is 2.20. The maximum atomic E-state index is 12.3. The lowest BCUT2D eigenvalue weighted by Crippen LogP contribution is -2.18. The molecular formula is C20H35N3O4. The first kappa shape index (κ1) is 23.1. The lowest BCUT2D eigenvalue weighted by Gasteiger charge is -2.23. The van der Waals surface area contributed by atoms with Gasteiger partial charge in [-0.1, -0.05) is 39.5 Å². The van der Waals surface area contributed by atoms with Crippen molar-refractivity contribution in [2.24, 2.45) is 13.0 Å². The van der Waals surface area contributed by atoms with Gasteiger partial charge in [0.15, 0.2) is 5.69 Å². The molecule has 0 radical (unpaired) electrons. The molecule has 1 aliphatic carbocycles. The van der Waals surface area contributed by atoms with E-state index in [4.69, 9.17) is 9.47 Å². The number of nitrogens with zero attached hydrogens (tertiary/aromatic N) is 2. The van der Waals surface area contributed by atoms with E-state index in [-0.39, 0.29) is 11.6 Å². The zero-order valence-corrected chi connectivity index (χ0v) is 17.4. The van der Waals surface area contributed by atoms with Crippen LogP contribution in [0.2, 0.25) is 0 Å². The van der Waals surface area contributed by atoms with Gasteiger partial charge in [0, 0.05) is 26.8 Å². The quantitative estimate of drug-likeness (QED) is 0.755. The summed E-state index contributed by atoms with van der Waals surface area (Å²) < 4.78 is 11.6. The Kier molecular flexibility index (Phi) is 10.7. The van der Waals surface area contributed by atoms with Crippen molar-refractivity contribution in [3.63, 3.8) is 0 Å². The molecule has 27 heavy (non-hydrogen) atoms. The van der Waals surface area contributed by atoms with Crippen molar-refractivity contribution in [2.75, 3.05) is 19.5 Å². The summed E-state index contributed by atoms with van der Waals surface area (Å²) in [5, 5.41) is 6.83. The van der Waals surface area contributed by atoms with Crippen LogP contribution in [0.5, 0.6) is 0 Å². The molecule has 1 aliphatic rings. The molecule has 7 heteroatoms. The summed E-state index contributed by atoms with van der Waals surface area (Å²) in [6.45, 7) is 4.00. The van der Waals surface area contributed by atoms with E-state index in [0.29, 0.717) is 24.1 Å². The van der Waals surface area contributed by atoms with E-state index in [1.54, 1.807) is 20.4 Å². The van der Waals surface area contributed by atoms with E-state index >= 15 is 0 Å². The molecule has 0 unspecified atom stereocenters. The van der Waals surface area contributed by atoms with Gasteiger partial charge in [-0.05, 0) is 25.2 Å². The van der Waals surface area contributed by atoms with Gasteiger partial charge >= 0.3 is 5.97 Å². The molecule has 154 valence electrons.